The lowest BCUT2D eigenvalue weighted by Gasteiger charge is -1.98. The molecule has 8 heteroatoms. The van der Waals surface area contributed by atoms with Crippen molar-refractivity contribution in [1.82, 2.24) is 10.6 Å². The number of amidine groups is 1. The van der Waals surface area contributed by atoms with E-state index in [4.69, 9.17) is 5.11 Å². The van der Waals surface area contributed by atoms with Crippen LogP contribution in [0.1, 0.15) is 0 Å². The summed E-state index contributed by atoms with van der Waals surface area (Å²) in [6.45, 7) is 0. The monoisotopic (exact) mass is 193 g/mol. The van der Waals surface area contributed by atoms with E-state index in [9.17, 15) is 13.2 Å². The molecule has 0 radical (unpaired) electrons. The van der Waals surface area contributed by atoms with Gasteiger partial charge >= 0.3 is 6.03 Å². The molecule has 1 aliphatic heterocycles. The topological polar surface area (TPSA) is 108 Å². The van der Waals surface area contributed by atoms with Crippen LogP contribution in [0, 0.1) is 0 Å². The second kappa shape index (κ2) is 2.72. The molecule has 1 rings (SSSR count). The predicted octanol–water partition coefficient (Wildman–Crippen LogP) is -2.02. The van der Waals surface area contributed by atoms with Crippen molar-refractivity contribution in [3.05, 3.63) is 0 Å². The van der Waals surface area contributed by atoms with Gasteiger partial charge in [-0.3, -0.25) is 5.32 Å². The van der Waals surface area contributed by atoms with E-state index in [0.717, 1.165) is 6.26 Å². The van der Waals surface area contributed by atoms with Crippen molar-refractivity contribution in [2.75, 3.05) is 6.26 Å². The third-order valence-corrected chi connectivity index (χ3v) is 1.56. The molecule has 1 atom stereocenters. The zero-order valence-electron chi connectivity index (χ0n) is 6.10. The van der Waals surface area contributed by atoms with Crippen molar-refractivity contribution in [3.8, 4) is 0 Å². The van der Waals surface area contributed by atoms with Crippen molar-refractivity contribution in [2.45, 2.75) is 6.23 Å². The van der Waals surface area contributed by atoms with Crippen molar-refractivity contribution in [2.24, 2.45) is 4.40 Å². The number of hydrogen-bond donors (Lipinski definition) is 3. The highest BCUT2D eigenvalue weighted by Crippen LogP contribution is 1.94. The Hall–Kier alpha value is -1.15. The van der Waals surface area contributed by atoms with E-state index in [-0.39, 0.29) is 5.84 Å². The van der Waals surface area contributed by atoms with Crippen LogP contribution in [0.2, 0.25) is 0 Å². The van der Waals surface area contributed by atoms with E-state index in [0.29, 0.717) is 0 Å². The number of sulfonamides is 1. The standard InChI is InChI=1S/C4H7N3O4S/c1-12(10,11)7-2-3(8)6-4(9)5-2/h3,8H,1H3,(H2,5,6,7,9). The summed E-state index contributed by atoms with van der Waals surface area (Å²) in [5.41, 5.74) is 0. The minimum atomic E-state index is -3.59. The Morgan fingerprint density at radius 2 is 2.17 bits per heavy atom. The Labute approximate surface area is 68.5 Å². The van der Waals surface area contributed by atoms with Gasteiger partial charge in [0.05, 0.1) is 6.26 Å². The first kappa shape index (κ1) is 8.94. The number of urea groups is 1. The number of nitrogens with one attached hydrogen (secondary N) is 2. The van der Waals surface area contributed by atoms with Gasteiger partial charge in [-0.2, -0.15) is 0 Å². The molecule has 3 N–H and O–H groups in total. The quantitative estimate of drug-likeness (QED) is 0.446. The largest absolute Gasteiger partial charge is 0.367 e. The van der Waals surface area contributed by atoms with Gasteiger partial charge in [-0.1, -0.05) is 0 Å². The Bertz CT molecular complexity index is 332. The van der Waals surface area contributed by atoms with E-state index in [1.54, 1.807) is 0 Å². The average Bonchev–Trinajstić information content (AvgIpc) is 2.06. The summed E-state index contributed by atoms with van der Waals surface area (Å²) >= 11 is 0. The molecule has 0 saturated carbocycles. The van der Waals surface area contributed by atoms with Crippen LogP contribution in [0.15, 0.2) is 4.40 Å². The molecule has 1 saturated heterocycles. The highest BCUT2D eigenvalue weighted by Gasteiger charge is 2.26. The minimum Gasteiger partial charge on any atom is -0.367 e. The zero-order valence-corrected chi connectivity index (χ0v) is 6.92. The summed E-state index contributed by atoms with van der Waals surface area (Å²) < 4.78 is 24.2. The average molecular weight is 193 g/mol. The molecule has 1 aliphatic rings. The summed E-state index contributed by atoms with van der Waals surface area (Å²) in [4.78, 5) is 10.5. The van der Waals surface area contributed by atoms with Crippen LogP contribution in [0.5, 0.6) is 0 Å². The van der Waals surface area contributed by atoms with Gasteiger partial charge in [0.2, 0.25) is 0 Å². The fourth-order valence-corrected chi connectivity index (χ4v) is 1.17. The number of aliphatic hydroxyl groups is 1. The molecular weight excluding hydrogens is 186 g/mol. The fraction of sp³-hybridized carbons (Fsp3) is 0.500. The fourth-order valence-electron chi connectivity index (χ4n) is 0.665. The first-order chi connectivity index (χ1) is 5.38. The summed E-state index contributed by atoms with van der Waals surface area (Å²) in [5.74, 6) is -0.303. The number of rotatable bonds is 1. The number of nitrogens with zero attached hydrogens (tertiary/aromatic N) is 1. The molecule has 1 fully saturated rings. The number of amides is 2. The molecule has 2 amide bonds. The lowest BCUT2D eigenvalue weighted by Crippen LogP contribution is -2.28. The maximum Gasteiger partial charge on any atom is 0.322 e. The van der Waals surface area contributed by atoms with Crippen molar-refractivity contribution in [1.29, 1.82) is 0 Å². The third kappa shape index (κ3) is 2.17. The normalized spacial score (nSPS) is 27.0. The Morgan fingerprint density at radius 3 is 2.50 bits per heavy atom. The first-order valence-electron chi connectivity index (χ1n) is 2.94. The SMILES string of the molecule is CS(=O)(=O)N=C1NC(=O)NC1O. The van der Waals surface area contributed by atoms with E-state index in [1.807, 2.05) is 10.6 Å². The van der Waals surface area contributed by atoms with Gasteiger partial charge in [-0.15, -0.1) is 4.40 Å². The second-order valence-electron chi connectivity index (χ2n) is 2.21. The lowest BCUT2D eigenvalue weighted by atomic mass is 10.6. The van der Waals surface area contributed by atoms with Gasteiger partial charge in [-0.05, 0) is 0 Å². The number of carbonyl (C=O) groups excluding carboxylic acids is 1. The number of aliphatic hydroxyl groups excluding tert-OH is 1. The zero-order chi connectivity index (χ0) is 9.35. The number of hydrogen-bond acceptors (Lipinski definition) is 4. The molecule has 1 unspecified atom stereocenters. The first-order valence-corrected chi connectivity index (χ1v) is 4.79. The molecule has 0 aromatic carbocycles. The van der Waals surface area contributed by atoms with Crippen LogP contribution >= 0.6 is 0 Å². The molecule has 68 valence electrons. The van der Waals surface area contributed by atoms with Gasteiger partial charge in [0, 0.05) is 0 Å². The van der Waals surface area contributed by atoms with Crippen LogP contribution < -0.4 is 10.6 Å². The van der Waals surface area contributed by atoms with Gasteiger partial charge < -0.3 is 10.4 Å². The molecule has 7 nitrogen and oxygen atoms in total. The van der Waals surface area contributed by atoms with E-state index in [2.05, 4.69) is 4.40 Å². The van der Waals surface area contributed by atoms with Gasteiger partial charge in [0.25, 0.3) is 10.0 Å². The van der Waals surface area contributed by atoms with Crippen LogP contribution in [0.4, 0.5) is 4.79 Å². The van der Waals surface area contributed by atoms with Crippen LogP contribution in [-0.4, -0.2) is 37.9 Å². The van der Waals surface area contributed by atoms with Crippen LogP contribution in [0.3, 0.4) is 0 Å². The van der Waals surface area contributed by atoms with E-state index in [1.165, 1.54) is 0 Å². The van der Waals surface area contributed by atoms with Gasteiger partial charge in [0.15, 0.2) is 12.1 Å². The third-order valence-electron chi connectivity index (χ3n) is 1.03. The second-order valence-corrected chi connectivity index (χ2v) is 3.86. The molecule has 0 aromatic rings. The van der Waals surface area contributed by atoms with E-state index >= 15 is 0 Å². The highest BCUT2D eigenvalue weighted by molar-refractivity contribution is 7.89. The summed E-state index contributed by atoms with van der Waals surface area (Å²) in [6, 6.07) is -0.676. The molecule has 12 heavy (non-hydrogen) atoms. The smallest absolute Gasteiger partial charge is 0.322 e. The highest BCUT2D eigenvalue weighted by atomic mass is 32.2. The summed E-state index contributed by atoms with van der Waals surface area (Å²) in [5, 5.41) is 13.0. The Morgan fingerprint density at radius 1 is 1.58 bits per heavy atom. The molecule has 0 aliphatic carbocycles. The van der Waals surface area contributed by atoms with Gasteiger partial charge in [-0.25, -0.2) is 13.2 Å². The maximum atomic E-state index is 10.6. The summed E-state index contributed by atoms with van der Waals surface area (Å²) in [7, 11) is -3.59. The van der Waals surface area contributed by atoms with Crippen molar-refractivity contribution >= 4 is 21.9 Å². The Balaban J connectivity index is 2.91. The van der Waals surface area contributed by atoms with Crippen LogP contribution in [-0.2, 0) is 10.0 Å². The van der Waals surface area contributed by atoms with Crippen molar-refractivity contribution < 1.29 is 18.3 Å². The van der Waals surface area contributed by atoms with E-state index < -0.39 is 22.3 Å². The Kier molecular flexibility index (Phi) is 2.02. The molecule has 0 spiro atoms. The van der Waals surface area contributed by atoms with Crippen LogP contribution in [0.25, 0.3) is 0 Å². The lowest BCUT2D eigenvalue weighted by molar-refractivity contribution is 0.207. The molecular formula is C4H7N3O4S. The minimum absolute atomic E-state index is 0.303. The number of carbonyl (C=O) groups is 1. The predicted molar refractivity (Wildman–Crippen MR) is 40.0 cm³/mol. The van der Waals surface area contributed by atoms with Gasteiger partial charge in [0.1, 0.15) is 0 Å². The maximum absolute atomic E-state index is 10.6. The molecule has 1 heterocycles. The molecule has 0 aromatic heterocycles. The molecule has 0 bridgehead atoms. The summed E-state index contributed by atoms with van der Waals surface area (Å²) in [6.07, 6.45) is -0.510. The van der Waals surface area contributed by atoms with Crippen molar-refractivity contribution in [3.63, 3.8) is 0 Å².